The molecule has 1 aromatic carbocycles. The first-order valence-electron chi connectivity index (χ1n) is 7.74. The molecule has 0 radical (unpaired) electrons. The molecule has 1 aliphatic heterocycles. The van der Waals surface area contributed by atoms with E-state index in [0.717, 1.165) is 29.0 Å². The fraction of sp³-hybridized carbons (Fsp3) is 0.438. The number of ether oxygens (including phenoxy) is 1. The third-order valence-electron chi connectivity index (χ3n) is 3.74. The Kier molecular flexibility index (Phi) is 4.76. The maximum Gasteiger partial charge on any atom is 0.254 e. The van der Waals surface area contributed by atoms with Crippen molar-refractivity contribution in [1.29, 1.82) is 0 Å². The van der Waals surface area contributed by atoms with Gasteiger partial charge in [-0.2, -0.15) is 0 Å². The molecule has 23 heavy (non-hydrogen) atoms. The van der Waals surface area contributed by atoms with Gasteiger partial charge in [-0.25, -0.2) is 0 Å². The average molecular weight is 332 g/mol. The summed E-state index contributed by atoms with van der Waals surface area (Å²) in [6, 6.07) is 7.38. The third-order valence-corrected chi connectivity index (χ3v) is 4.64. The van der Waals surface area contributed by atoms with E-state index in [1.54, 1.807) is 11.3 Å². The predicted octanol–water partition coefficient (Wildman–Crippen LogP) is 2.21. The number of hydrogen-bond donors (Lipinski definition) is 0. The molecule has 122 valence electrons. The SMILES string of the molecule is CCOc1cccc(C(=O)N2CCN(c3nnc(C)s3)CC2)c1. The minimum atomic E-state index is 0.0552. The van der Waals surface area contributed by atoms with Crippen molar-refractivity contribution in [3.63, 3.8) is 0 Å². The van der Waals surface area contributed by atoms with Crippen molar-refractivity contribution in [3.05, 3.63) is 34.8 Å². The summed E-state index contributed by atoms with van der Waals surface area (Å²) in [6.07, 6.45) is 0. The molecule has 0 spiro atoms. The molecule has 7 heteroatoms. The van der Waals surface area contributed by atoms with E-state index in [0.29, 0.717) is 25.3 Å². The van der Waals surface area contributed by atoms with E-state index in [1.807, 2.05) is 43.0 Å². The maximum atomic E-state index is 12.6. The number of hydrogen-bond acceptors (Lipinski definition) is 6. The van der Waals surface area contributed by atoms with Gasteiger partial charge in [0, 0.05) is 31.7 Å². The van der Waals surface area contributed by atoms with E-state index in [-0.39, 0.29) is 5.91 Å². The average Bonchev–Trinajstić information content (AvgIpc) is 3.01. The number of carbonyl (C=O) groups is 1. The van der Waals surface area contributed by atoms with Gasteiger partial charge in [0.1, 0.15) is 10.8 Å². The maximum absolute atomic E-state index is 12.6. The molecule has 3 rings (SSSR count). The Hall–Kier alpha value is -2.15. The molecule has 0 bridgehead atoms. The summed E-state index contributed by atoms with van der Waals surface area (Å²) in [5.74, 6) is 0.793. The van der Waals surface area contributed by atoms with Gasteiger partial charge in [0.2, 0.25) is 5.13 Å². The van der Waals surface area contributed by atoms with Crippen LogP contribution in [-0.2, 0) is 0 Å². The molecule has 0 saturated carbocycles. The van der Waals surface area contributed by atoms with Crippen LogP contribution in [0.2, 0.25) is 0 Å². The molecule has 1 saturated heterocycles. The number of nitrogens with zero attached hydrogens (tertiary/aromatic N) is 4. The number of aromatic nitrogens is 2. The van der Waals surface area contributed by atoms with Gasteiger partial charge < -0.3 is 14.5 Å². The van der Waals surface area contributed by atoms with E-state index in [4.69, 9.17) is 4.74 Å². The predicted molar refractivity (Wildman–Crippen MR) is 90.4 cm³/mol. The van der Waals surface area contributed by atoms with Crippen molar-refractivity contribution in [2.75, 3.05) is 37.7 Å². The first-order valence-corrected chi connectivity index (χ1v) is 8.56. The van der Waals surface area contributed by atoms with Crippen molar-refractivity contribution >= 4 is 22.4 Å². The Morgan fingerprint density at radius 1 is 1.26 bits per heavy atom. The minimum absolute atomic E-state index is 0.0552. The van der Waals surface area contributed by atoms with E-state index >= 15 is 0 Å². The van der Waals surface area contributed by atoms with Crippen LogP contribution >= 0.6 is 11.3 Å². The Morgan fingerprint density at radius 2 is 2.04 bits per heavy atom. The molecule has 1 fully saturated rings. The van der Waals surface area contributed by atoms with Crippen LogP contribution in [0.5, 0.6) is 5.75 Å². The topological polar surface area (TPSA) is 58.6 Å². The minimum Gasteiger partial charge on any atom is -0.494 e. The van der Waals surface area contributed by atoms with Crippen molar-refractivity contribution in [1.82, 2.24) is 15.1 Å². The lowest BCUT2D eigenvalue weighted by Gasteiger charge is -2.34. The highest BCUT2D eigenvalue weighted by Crippen LogP contribution is 2.22. The van der Waals surface area contributed by atoms with Gasteiger partial charge in [0.05, 0.1) is 6.61 Å². The molecule has 2 aromatic rings. The second-order valence-corrected chi connectivity index (χ2v) is 6.50. The highest BCUT2D eigenvalue weighted by atomic mass is 32.1. The van der Waals surface area contributed by atoms with Gasteiger partial charge in [-0.15, -0.1) is 10.2 Å². The van der Waals surface area contributed by atoms with Crippen LogP contribution in [0.25, 0.3) is 0 Å². The summed E-state index contributed by atoms with van der Waals surface area (Å²) < 4.78 is 5.47. The molecule has 1 amide bonds. The second-order valence-electron chi connectivity index (χ2n) is 5.34. The van der Waals surface area contributed by atoms with Gasteiger partial charge in [-0.1, -0.05) is 17.4 Å². The Bertz CT molecular complexity index is 680. The first-order chi connectivity index (χ1) is 11.2. The summed E-state index contributed by atoms with van der Waals surface area (Å²) >= 11 is 1.59. The second kappa shape index (κ2) is 6.95. The van der Waals surface area contributed by atoms with E-state index in [9.17, 15) is 4.79 Å². The van der Waals surface area contributed by atoms with Gasteiger partial charge in [-0.3, -0.25) is 4.79 Å². The van der Waals surface area contributed by atoms with Gasteiger partial charge >= 0.3 is 0 Å². The van der Waals surface area contributed by atoms with Crippen LogP contribution in [0.4, 0.5) is 5.13 Å². The highest BCUT2D eigenvalue weighted by Gasteiger charge is 2.24. The molecule has 0 atom stereocenters. The molecular weight excluding hydrogens is 312 g/mol. The fourth-order valence-corrected chi connectivity index (χ4v) is 3.32. The largest absolute Gasteiger partial charge is 0.494 e. The number of amides is 1. The summed E-state index contributed by atoms with van der Waals surface area (Å²) in [5.41, 5.74) is 0.677. The van der Waals surface area contributed by atoms with Crippen LogP contribution in [0.1, 0.15) is 22.3 Å². The van der Waals surface area contributed by atoms with Crippen molar-refractivity contribution in [3.8, 4) is 5.75 Å². The normalized spacial score (nSPS) is 14.9. The van der Waals surface area contributed by atoms with Crippen molar-refractivity contribution in [2.45, 2.75) is 13.8 Å². The van der Waals surface area contributed by atoms with Gasteiger partial charge in [0.25, 0.3) is 5.91 Å². The van der Waals surface area contributed by atoms with Crippen molar-refractivity contribution < 1.29 is 9.53 Å². The third kappa shape index (κ3) is 3.61. The smallest absolute Gasteiger partial charge is 0.254 e. The van der Waals surface area contributed by atoms with Crippen LogP contribution in [0, 0.1) is 6.92 Å². The standard InChI is InChI=1S/C16H20N4O2S/c1-3-22-14-6-4-5-13(11-14)15(21)19-7-9-20(10-8-19)16-18-17-12(2)23-16/h4-6,11H,3,7-10H2,1-2H3. The molecular formula is C16H20N4O2S. The van der Waals surface area contributed by atoms with E-state index < -0.39 is 0 Å². The molecule has 2 heterocycles. The Balaban J connectivity index is 1.63. The number of piperazine rings is 1. The number of anilines is 1. The number of rotatable bonds is 4. The molecule has 1 aromatic heterocycles. The van der Waals surface area contributed by atoms with Crippen LogP contribution in [-0.4, -0.2) is 53.8 Å². The molecule has 0 unspecified atom stereocenters. The van der Waals surface area contributed by atoms with E-state index in [2.05, 4.69) is 15.1 Å². The van der Waals surface area contributed by atoms with Crippen LogP contribution < -0.4 is 9.64 Å². The molecule has 0 aliphatic carbocycles. The van der Waals surface area contributed by atoms with E-state index in [1.165, 1.54) is 0 Å². The Labute approximate surface area is 139 Å². The zero-order chi connectivity index (χ0) is 16.2. The molecule has 1 aliphatic rings. The summed E-state index contributed by atoms with van der Waals surface area (Å²) in [6.45, 7) is 7.43. The van der Waals surface area contributed by atoms with Crippen LogP contribution in [0.15, 0.2) is 24.3 Å². The number of carbonyl (C=O) groups excluding carboxylic acids is 1. The summed E-state index contributed by atoms with van der Waals surface area (Å²) in [4.78, 5) is 16.7. The highest BCUT2D eigenvalue weighted by molar-refractivity contribution is 7.15. The van der Waals surface area contributed by atoms with Crippen molar-refractivity contribution in [2.24, 2.45) is 0 Å². The fourth-order valence-electron chi connectivity index (χ4n) is 2.58. The van der Waals surface area contributed by atoms with Gasteiger partial charge in [-0.05, 0) is 32.0 Å². The molecule has 6 nitrogen and oxygen atoms in total. The molecule has 0 N–H and O–H groups in total. The zero-order valence-corrected chi connectivity index (χ0v) is 14.2. The zero-order valence-electron chi connectivity index (χ0n) is 13.4. The Morgan fingerprint density at radius 3 is 2.70 bits per heavy atom. The summed E-state index contributed by atoms with van der Waals surface area (Å²) in [5, 5.41) is 10.1. The lowest BCUT2D eigenvalue weighted by Crippen LogP contribution is -2.48. The quantitative estimate of drug-likeness (QED) is 0.859. The summed E-state index contributed by atoms with van der Waals surface area (Å²) in [7, 11) is 0. The van der Waals surface area contributed by atoms with Crippen LogP contribution in [0.3, 0.4) is 0 Å². The first kappa shape index (κ1) is 15.7. The lowest BCUT2D eigenvalue weighted by atomic mass is 10.1. The number of aryl methyl sites for hydroxylation is 1. The lowest BCUT2D eigenvalue weighted by molar-refractivity contribution is 0.0746. The number of benzene rings is 1. The monoisotopic (exact) mass is 332 g/mol. The van der Waals surface area contributed by atoms with Gasteiger partial charge in [0.15, 0.2) is 0 Å².